The molecule has 0 radical (unpaired) electrons. The Morgan fingerprint density at radius 2 is 2.12 bits per heavy atom. The highest BCUT2D eigenvalue weighted by Gasteiger charge is 2.17. The van der Waals surface area contributed by atoms with Crippen LogP contribution in [-0.4, -0.2) is 26.2 Å². The Balaban J connectivity index is 3.02. The number of aliphatic hydroxyl groups excluding tert-OH is 1. The van der Waals surface area contributed by atoms with Gasteiger partial charge >= 0.3 is 0 Å². The van der Waals surface area contributed by atoms with Crippen LogP contribution in [0.5, 0.6) is 0 Å². The average Bonchev–Trinajstić information content (AvgIpc) is 2.19. The summed E-state index contributed by atoms with van der Waals surface area (Å²) in [6.45, 7) is 3.26. The molecule has 0 aliphatic heterocycles. The molecule has 0 bridgehead atoms. The fourth-order valence-electron chi connectivity index (χ4n) is 1.17. The van der Waals surface area contributed by atoms with Gasteiger partial charge in [0.1, 0.15) is 0 Å². The van der Waals surface area contributed by atoms with Gasteiger partial charge in [0.15, 0.2) is 0 Å². The molecule has 0 saturated carbocycles. The number of nitrogens with one attached hydrogen (secondary N) is 1. The van der Waals surface area contributed by atoms with Crippen molar-refractivity contribution in [3.63, 3.8) is 0 Å². The number of aliphatic hydroxyl groups is 1. The van der Waals surface area contributed by atoms with E-state index in [0.717, 1.165) is 0 Å². The molecule has 2 N–H and O–H groups in total. The average molecular weight is 308 g/mol. The lowest BCUT2D eigenvalue weighted by atomic mass is 10.2. The van der Waals surface area contributed by atoms with Crippen LogP contribution in [0.4, 0.5) is 0 Å². The maximum atomic E-state index is 11.9. The number of sulfonamides is 1. The Morgan fingerprint density at radius 1 is 1.50 bits per heavy atom. The lowest BCUT2D eigenvalue weighted by Gasteiger charge is -2.10. The van der Waals surface area contributed by atoms with Crippen molar-refractivity contribution < 1.29 is 13.5 Å². The molecule has 1 aromatic rings. The first-order valence-corrected chi connectivity index (χ1v) is 7.04. The second-order valence-electron chi connectivity index (χ2n) is 3.61. The third kappa shape index (κ3) is 3.55. The molecule has 1 aromatic carbocycles. The third-order valence-electron chi connectivity index (χ3n) is 2.01. The van der Waals surface area contributed by atoms with E-state index in [0.29, 0.717) is 10.0 Å². The summed E-state index contributed by atoms with van der Waals surface area (Å²) in [7, 11) is -3.55. The Labute approximate surface area is 104 Å². The lowest BCUT2D eigenvalue weighted by molar-refractivity contribution is 0.198. The summed E-state index contributed by atoms with van der Waals surface area (Å²) in [6.07, 6.45) is -0.706. The van der Waals surface area contributed by atoms with Crippen LogP contribution in [0.2, 0.25) is 0 Å². The smallest absolute Gasteiger partial charge is 0.240 e. The van der Waals surface area contributed by atoms with E-state index < -0.39 is 16.1 Å². The van der Waals surface area contributed by atoms with Crippen LogP contribution in [0.25, 0.3) is 0 Å². The molecule has 0 aromatic heterocycles. The fraction of sp³-hybridized carbons (Fsp3) is 0.400. The molecular formula is C10H14BrNO3S. The van der Waals surface area contributed by atoms with Gasteiger partial charge < -0.3 is 5.11 Å². The maximum absolute atomic E-state index is 11.9. The molecule has 0 spiro atoms. The summed E-state index contributed by atoms with van der Waals surface area (Å²) in [5.41, 5.74) is 0.668. The number of hydrogen-bond acceptors (Lipinski definition) is 3. The first kappa shape index (κ1) is 13.6. The Morgan fingerprint density at radius 3 is 2.69 bits per heavy atom. The van der Waals surface area contributed by atoms with Gasteiger partial charge in [0.2, 0.25) is 10.0 Å². The Bertz CT molecular complexity index is 471. The SMILES string of the molecule is Cc1ccc(Br)cc1S(=O)(=O)NC[C@H](C)O. The van der Waals surface area contributed by atoms with E-state index in [-0.39, 0.29) is 11.4 Å². The molecule has 0 unspecified atom stereocenters. The van der Waals surface area contributed by atoms with E-state index in [1.807, 2.05) is 0 Å². The first-order chi connectivity index (χ1) is 7.33. The summed E-state index contributed by atoms with van der Waals surface area (Å²) < 4.78 is 26.8. The maximum Gasteiger partial charge on any atom is 0.240 e. The quantitative estimate of drug-likeness (QED) is 0.884. The zero-order chi connectivity index (χ0) is 12.3. The topological polar surface area (TPSA) is 66.4 Å². The standard InChI is InChI=1S/C10H14BrNO3S/c1-7-3-4-9(11)5-10(7)16(14,15)12-6-8(2)13/h3-5,8,12-13H,6H2,1-2H3/t8-/m0/s1. The number of aryl methyl sites for hydroxylation is 1. The predicted molar refractivity (Wildman–Crippen MR) is 65.7 cm³/mol. The third-order valence-corrected chi connectivity index (χ3v) is 4.07. The first-order valence-electron chi connectivity index (χ1n) is 4.77. The number of hydrogen-bond donors (Lipinski definition) is 2. The summed E-state index contributed by atoms with van der Waals surface area (Å²) in [4.78, 5) is 0.225. The van der Waals surface area contributed by atoms with Crippen molar-refractivity contribution in [2.75, 3.05) is 6.54 Å². The van der Waals surface area contributed by atoms with Crippen LogP contribution >= 0.6 is 15.9 Å². The minimum absolute atomic E-state index is 0.00822. The molecule has 0 amide bonds. The molecule has 90 valence electrons. The van der Waals surface area contributed by atoms with Crippen molar-refractivity contribution >= 4 is 26.0 Å². The van der Waals surface area contributed by atoms with Crippen LogP contribution in [0.3, 0.4) is 0 Å². The monoisotopic (exact) mass is 307 g/mol. The molecule has 16 heavy (non-hydrogen) atoms. The number of benzene rings is 1. The van der Waals surface area contributed by atoms with Crippen LogP contribution < -0.4 is 4.72 Å². The predicted octanol–water partition coefficient (Wildman–Crippen LogP) is 1.42. The highest BCUT2D eigenvalue weighted by Crippen LogP contribution is 2.20. The molecule has 1 rings (SSSR count). The second kappa shape index (κ2) is 5.27. The highest BCUT2D eigenvalue weighted by atomic mass is 79.9. The molecule has 4 nitrogen and oxygen atoms in total. The van der Waals surface area contributed by atoms with Gasteiger partial charge in [-0.25, -0.2) is 13.1 Å². The van der Waals surface area contributed by atoms with Gasteiger partial charge in [-0.3, -0.25) is 0 Å². The Kier molecular flexibility index (Phi) is 4.49. The van der Waals surface area contributed by atoms with Crippen molar-refractivity contribution in [1.82, 2.24) is 4.72 Å². The molecule has 0 heterocycles. The lowest BCUT2D eigenvalue weighted by Crippen LogP contribution is -2.31. The van der Waals surface area contributed by atoms with Crippen molar-refractivity contribution in [2.45, 2.75) is 24.8 Å². The molecule has 0 saturated heterocycles. The molecule has 0 fully saturated rings. The van der Waals surface area contributed by atoms with Gasteiger partial charge in [-0.2, -0.15) is 0 Å². The minimum Gasteiger partial charge on any atom is -0.392 e. The van der Waals surface area contributed by atoms with Crippen molar-refractivity contribution in [2.24, 2.45) is 0 Å². The molecule has 0 aliphatic carbocycles. The van der Waals surface area contributed by atoms with E-state index in [4.69, 9.17) is 5.11 Å². The van der Waals surface area contributed by atoms with Gasteiger partial charge in [0.05, 0.1) is 11.0 Å². The molecule has 6 heteroatoms. The van der Waals surface area contributed by atoms with Crippen LogP contribution in [0.15, 0.2) is 27.6 Å². The van der Waals surface area contributed by atoms with Gasteiger partial charge in [-0.15, -0.1) is 0 Å². The van der Waals surface area contributed by atoms with Crippen LogP contribution in [0, 0.1) is 6.92 Å². The zero-order valence-electron chi connectivity index (χ0n) is 9.07. The van der Waals surface area contributed by atoms with Gasteiger partial charge in [-0.05, 0) is 31.5 Å². The van der Waals surface area contributed by atoms with E-state index in [2.05, 4.69) is 20.7 Å². The Hall–Kier alpha value is -0.430. The number of halogens is 1. The van der Waals surface area contributed by atoms with E-state index in [9.17, 15) is 8.42 Å². The summed E-state index contributed by atoms with van der Waals surface area (Å²) >= 11 is 3.23. The highest BCUT2D eigenvalue weighted by molar-refractivity contribution is 9.10. The number of rotatable bonds is 4. The minimum atomic E-state index is -3.55. The van der Waals surface area contributed by atoms with Crippen molar-refractivity contribution in [3.05, 3.63) is 28.2 Å². The van der Waals surface area contributed by atoms with Crippen LogP contribution in [0.1, 0.15) is 12.5 Å². The van der Waals surface area contributed by atoms with E-state index in [1.54, 1.807) is 25.1 Å². The van der Waals surface area contributed by atoms with Gasteiger partial charge in [-0.1, -0.05) is 22.0 Å². The zero-order valence-corrected chi connectivity index (χ0v) is 11.5. The summed E-state index contributed by atoms with van der Waals surface area (Å²) in [5.74, 6) is 0. The molecular weight excluding hydrogens is 294 g/mol. The van der Waals surface area contributed by atoms with Crippen LogP contribution in [-0.2, 0) is 10.0 Å². The molecule has 1 atom stereocenters. The largest absolute Gasteiger partial charge is 0.392 e. The normalized spacial score (nSPS) is 13.8. The fourth-order valence-corrected chi connectivity index (χ4v) is 3.07. The van der Waals surface area contributed by atoms with E-state index in [1.165, 1.54) is 6.92 Å². The summed E-state index contributed by atoms with van der Waals surface area (Å²) in [5, 5.41) is 9.05. The van der Waals surface area contributed by atoms with E-state index >= 15 is 0 Å². The van der Waals surface area contributed by atoms with Crippen molar-refractivity contribution in [1.29, 1.82) is 0 Å². The molecule has 0 aliphatic rings. The second-order valence-corrected chi connectivity index (χ2v) is 6.26. The van der Waals surface area contributed by atoms with Crippen molar-refractivity contribution in [3.8, 4) is 0 Å². The van der Waals surface area contributed by atoms with Gasteiger partial charge in [0, 0.05) is 11.0 Å². The summed E-state index contributed by atoms with van der Waals surface area (Å²) in [6, 6.07) is 5.05. The van der Waals surface area contributed by atoms with Gasteiger partial charge in [0.25, 0.3) is 0 Å².